The Hall–Kier alpha value is -1.63. The van der Waals surface area contributed by atoms with Gasteiger partial charge in [0.15, 0.2) is 0 Å². The Bertz CT molecular complexity index is 479. The molecule has 1 aromatic rings. The van der Waals surface area contributed by atoms with Gasteiger partial charge in [-0.2, -0.15) is 0 Å². The molecule has 110 valence electrons. The third kappa shape index (κ3) is 2.49. The van der Waals surface area contributed by atoms with Crippen LogP contribution < -0.4 is 5.32 Å². The largest absolute Gasteiger partial charge is 0.450 e. The second-order valence-corrected chi connectivity index (χ2v) is 5.27. The van der Waals surface area contributed by atoms with E-state index in [-0.39, 0.29) is 6.09 Å². The van der Waals surface area contributed by atoms with Crippen LogP contribution in [0.3, 0.4) is 0 Å². The van der Waals surface area contributed by atoms with Crippen molar-refractivity contribution in [2.45, 2.75) is 38.8 Å². The highest BCUT2D eigenvalue weighted by Gasteiger charge is 2.28. The summed E-state index contributed by atoms with van der Waals surface area (Å²) in [6, 6.07) is 0.357. The smallest absolute Gasteiger partial charge is 0.409 e. The number of carbonyl (C=O) groups is 1. The summed E-state index contributed by atoms with van der Waals surface area (Å²) < 4.78 is 7.12. The molecule has 2 aliphatic heterocycles. The van der Waals surface area contributed by atoms with Gasteiger partial charge in [-0.3, -0.25) is 0 Å². The van der Waals surface area contributed by atoms with Gasteiger partial charge in [-0.25, -0.2) is 9.48 Å². The summed E-state index contributed by atoms with van der Waals surface area (Å²) in [4.78, 5) is 13.5. The zero-order chi connectivity index (χ0) is 13.9. The van der Waals surface area contributed by atoms with Crippen LogP contribution in [0.2, 0.25) is 0 Å². The molecule has 0 spiro atoms. The molecular formula is C13H21N5O2. The molecule has 7 nitrogen and oxygen atoms in total. The molecule has 0 radical (unpaired) electrons. The molecule has 0 aliphatic carbocycles. The molecule has 0 saturated carbocycles. The molecule has 0 bridgehead atoms. The number of likely N-dealkylation sites (tertiary alicyclic amines) is 1. The number of nitrogens with one attached hydrogen (secondary N) is 1. The number of hydrogen-bond acceptors (Lipinski definition) is 5. The highest BCUT2D eigenvalue weighted by molar-refractivity contribution is 5.67. The number of fused-ring (bicyclic) bond motifs is 1. The van der Waals surface area contributed by atoms with Gasteiger partial charge in [0, 0.05) is 32.6 Å². The van der Waals surface area contributed by atoms with E-state index in [9.17, 15) is 4.79 Å². The second-order valence-electron chi connectivity index (χ2n) is 5.27. The van der Waals surface area contributed by atoms with E-state index in [1.807, 2.05) is 6.92 Å². The van der Waals surface area contributed by atoms with Crippen LogP contribution >= 0.6 is 0 Å². The van der Waals surface area contributed by atoms with Gasteiger partial charge in [-0.1, -0.05) is 5.21 Å². The number of aromatic nitrogens is 3. The van der Waals surface area contributed by atoms with E-state index in [2.05, 4.69) is 20.3 Å². The predicted molar refractivity (Wildman–Crippen MR) is 72.3 cm³/mol. The van der Waals surface area contributed by atoms with Crippen LogP contribution in [0.25, 0.3) is 0 Å². The minimum atomic E-state index is -0.198. The molecule has 0 unspecified atom stereocenters. The SMILES string of the molecule is CCOC(=O)N1CCC(n2nnc3c2CCNC3)CC1. The van der Waals surface area contributed by atoms with E-state index >= 15 is 0 Å². The molecule has 1 N–H and O–H groups in total. The van der Waals surface area contributed by atoms with Crippen LogP contribution in [0, 0.1) is 0 Å². The van der Waals surface area contributed by atoms with Gasteiger partial charge in [0.25, 0.3) is 0 Å². The molecule has 1 amide bonds. The first kappa shape index (κ1) is 13.4. The molecular weight excluding hydrogens is 258 g/mol. The molecule has 3 rings (SSSR count). The zero-order valence-corrected chi connectivity index (χ0v) is 11.8. The second kappa shape index (κ2) is 5.78. The first-order valence-electron chi connectivity index (χ1n) is 7.35. The van der Waals surface area contributed by atoms with E-state index in [1.54, 1.807) is 4.90 Å². The van der Waals surface area contributed by atoms with Crippen molar-refractivity contribution in [2.75, 3.05) is 26.2 Å². The lowest BCUT2D eigenvalue weighted by atomic mass is 10.0. The molecule has 0 atom stereocenters. The summed E-state index contributed by atoms with van der Waals surface area (Å²) >= 11 is 0. The maximum absolute atomic E-state index is 11.7. The van der Waals surface area contributed by atoms with Crippen molar-refractivity contribution in [3.8, 4) is 0 Å². The number of nitrogens with zero attached hydrogens (tertiary/aromatic N) is 4. The summed E-state index contributed by atoms with van der Waals surface area (Å²) in [6.45, 7) is 5.54. The molecule has 3 heterocycles. The molecule has 1 saturated heterocycles. The van der Waals surface area contributed by atoms with Crippen LogP contribution in [0.4, 0.5) is 4.79 Å². The number of piperidine rings is 1. The van der Waals surface area contributed by atoms with E-state index in [0.29, 0.717) is 12.6 Å². The average molecular weight is 279 g/mol. The monoisotopic (exact) mass is 279 g/mol. The Morgan fingerprint density at radius 3 is 3.00 bits per heavy atom. The molecule has 1 aromatic heterocycles. The van der Waals surface area contributed by atoms with Crippen LogP contribution in [0.1, 0.15) is 37.2 Å². The highest BCUT2D eigenvalue weighted by atomic mass is 16.6. The summed E-state index contributed by atoms with van der Waals surface area (Å²) in [6.07, 6.45) is 2.63. The zero-order valence-electron chi connectivity index (χ0n) is 11.8. The number of rotatable bonds is 2. The Labute approximate surface area is 118 Å². The summed E-state index contributed by atoms with van der Waals surface area (Å²) in [5.74, 6) is 0. The fourth-order valence-electron chi connectivity index (χ4n) is 2.96. The van der Waals surface area contributed by atoms with E-state index in [0.717, 1.165) is 51.1 Å². The van der Waals surface area contributed by atoms with Crippen molar-refractivity contribution in [3.63, 3.8) is 0 Å². The maximum Gasteiger partial charge on any atom is 0.409 e. The van der Waals surface area contributed by atoms with E-state index in [4.69, 9.17) is 4.74 Å². The van der Waals surface area contributed by atoms with Gasteiger partial charge in [0.2, 0.25) is 0 Å². The van der Waals surface area contributed by atoms with Crippen LogP contribution in [-0.4, -0.2) is 52.2 Å². The van der Waals surface area contributed by atoms with Gasteiger partial charge < -0.3 is 15.0 Å². The highest BCUT2D eigenvalue weighted by Crippen LogP contribution is 2.25. The van der Waals surface area contributed by atoms with Crippen molar-refractivity contribution < 1.29 is 9.53 Å². The van der Waals surface area contributed by atoms with Gasteiger partial charge in [0.05, 0.1) is 24.0 Å². The van der Waals surface area contributed by atoms with Gasteiger partial charge in [-0.05, 0) is 19.8 Å². The Morgan fingerprint density at radius 1 is 1.45 bits per heavy atom. The summed E-state index contributed by atoms with van der Waals surface area (Å²) in [5.41, 5.74) is 2.34. The lowest BCUT2D eigenvalue weighted by Gasteiger charge is -2.32. The van der Waals surface area contributed by atoms with Crippen molar-refractivity contribution in [1.29, 1.82) is 0 Å². The van der Waals surface area contributed by atoms with Gasteiger partial charge in [0.1, 0.15) is 0 Å². The first-order chi connectivity index (χ1) is 9.79. The molecule has 7 heteroatoms. The van der Waals surface area contributed by atoms with E-state index in [1.165, 1.54) is 5.69 Å². The van der Waals surface area contributed by atoms with Gasteiger partial charge >= 0.3 is 6.09 Å². The Kier molecular flexibility index (Phi) is 3.86. The van der Waals surface area contributed by atoms with Crippen molar-refractivity contribution >= 4 is 6.09 Å². The minimum absolute atomic E-state index is 0.198. The summed E-state index contributed by atoms with van der Waals surface area (Å²) in [7, 11) is 0. The minimum Gasteiger partial charge on any atom is -0.450 e. The average Bonchev–Trinajstić information content (AvgIpc) is 2.92. The normalized spacial score (nSPS) is 19.8. The number of ether oxygens (including phenoxy) is 1. The quantitative estimate of drug-likeness (QED) is 0.863. The van der Waals surface area contributed by atoms with Gasteiger partial charge in [-0.15, -0.1) is 5.10 Å². The van der Waals surface area contributed by atoms with Crippen LogP contribution in [0.5, 0.6) is 0 Å². The fraction of sp³-hybridized carbons (Fsp3) is 0.769. The van der Waals surface area contributed by atoms with Crippen LogP contribution in [-0.2, 0) is 17.7 Å². The van der Waals surface area contributed by atoms with Crippen molar-refractivity contribution in [1.82, 2.24) is 25.2 Å². The molecule has 2 aliphatic rings. The molecule has 0 aromatic carbocycles. The lowest BCUT2D eigenvalue weighted by molar-refractivity contribution is 0.0911. The van der Waals surface area contributed by atoms with Crippen molar-refractivity contribution in [3.05, 3.63) is 11.4 Å². The third-order valence-electron chi connectivity index (χ3n) is 4.04. The first-order valence-corrected chi connectivity index (χ1v) is 7.35. The molecule has 20 heavy (non-hydrogen) atoms. The standard InChI is InChI=1S/C13H21N5O2/c1-2-20-13(19)17-7-4-10(5-8-17)18-12-3-6-14-9-11(12)15-16-18/h10,14H,2-9H2,1H3. The third-order valence-corrected chi connectivity index (χ3v) is 4.04. The lowest BCUT2D eigenvalue weighted by Crippen LogP contribution is -2.40. The fourth-order valence-corrected chi connectivity index (χ4v) is 2.96. The van der Waals surface area contributed by atoms with E-state index < -0.39 is 0 Å². The summed E-state index contributed by atoms with van der Waals surface area (Å²) in [5, 5.41) is 11.9. The van der Waals surface area contributed by atoms with Crippen molar-refractivity contribution in [2.24, 2.45) is 0 Å². The Balaban J connectivity index is 1.63. The topological polar surface area (TPSA) is 72.3 Å². The number of carbonyl (C=O) groups excluding carboxylic acids is 1. The predicted octanol–water partition coefficient (Wildman–Crippen LogP) is 0.717. The number of hydrogen-bond donors (Lipinski definition) is 1. The molecule has 1 fully saturated rings. The van der Waals surface area contributed by atoms with Crippen LogP contribution in [0.15, 0.2) is 0 Å². The number of amides is 1. The Morgan fingerprint density at radius 2 is 2.25 bits per heavy atom. The maximum atomic E-state index is 11.7.